The van der Waals surface area contributed by atoms with Gasteiger partial charge in [0.1, 0.15) is 5.78 Å². The predicted molar refractivity (Wildman–Crippen MR) is 96.2 cm³/mol. The highest BCUT2D eigenvalue weighted by molar-refractivity contribution is 5.78. The molecule has 1 N–H and O–H groups in total. The van der Waals surface area contributed by atoms with Gasteiger partial charge in [0, 0.05) is 12.8 Å². The van der Waals surface area contributed by atoms with Gasteiger partial charge in [0.2, 0.25) is 0 Å². The molecule has 132 valence electrons. The highest BCUT2D eigenvalue weighted by Gasteiger charge is 2.02. The molecule has 0 aromatic rings. The summed E-state index contributed by atoms with van der Waals surface area (Å²) >= 11 is 0. The Kier molecular flexibility index (Phi) is 16.7. The first kappa shape index (κ1) is 21.6. The fraction of sp³-hybridized carbons (Fsp3) is 0.950. The number of rotatable bonds is 17. The molecule has 0 spiro atoms. The van der Waals surface area contributed by atoms with Gasteiger partial charge in [0.05, 0.1) is 6.10 Å². The summed E-state index contributed by atoms with van der Waals surface area (Å²) in [6.07, 6.45) is 18.5. The molecule has 2 nitrogen and oxygen atoms in total. The van der Waals surface area contributed by atoms with E-state index in [-0.39, 0.29) is 6.10 Å². The third-order valence-corrected chi connectivity index (χ3v) is 4.39. The molecule has 0 amide bonds. The summed E-state index contributed by atoms with van der Waals surface area (Å²) in [5.41, 5.74) is 0. The molecule has 0 heterocycles. The predicted octanol–water partition coefficient (Wildman–Crippen LogP) is 6.20. The lowest BCUT2D eigenvalue weighted by molar-refractivity contribution is -0.119. The van der Waals surface area contributed by atoms with E-state index >= 15 is 0 Å². The number of carbonyl (C=O) groups excluding carboxylic acids is 1. The van der Waals surface area contributed by atoms with E-state index < -0.39 is 0 Å². The molecule has 0 aromatic carbocycles. The quantitative estimate of drug-likeness (QED) is 0.325. The lowest BCUT2D eigenvalue weighted by Crippen LogP contribution is -1.98. The molecule has 0 aliphatic rings. The second-order valence-corrected chi connectivity index (χ2v) is 6.92. The molecule has 0 aromatic heterocycles. The average molecular weight is 313 g/mol. The van der Waals surface area contributed by atoms with E-state index in [0.717, 1.165) is 38.5 Å². The van der Waals surface area contributed by atoms with Gasteiger partial charge in [-0.15, -0.1) is 0 Å². The molecule has 2 heteroatoms. The molecule has 0 aliphatic heterocycles. The first-order chi connectivity index (χ1) is 10.7. The summed E-state index contributed by atoms with van der Waals surface area (Å²) in [5, 5.41) is 9.16. The number of unbranched alkanes of at least 4 members (excludes halogenated alkanes) is 11. The first-order valence-electron chi connectivity index (χ1n) is 9.86. The third kappa shape index (κ3) is 17.7. The smallest absolute Gasteiger partial charge is 0.132 e. The van der Waals surface area contributed by atoms with E-state index in [1.54, 1.807) is 0 Å². The number of hydrogen-bond acceptors (Lipinski definition) is 2. The Bertz CT molecular complexity index is 236. The van der Waals surface area contributed by atoms with Gasteiger partial charge in [-0.1, -0.05) is 77.6 Å². The van der Waals surface area contributed by atoms with Gasteiger partial charge in [0.25, 0.3) is 0 Å². The Labute approximate surface area is 139 Å². The number of hydrogen-bond donors (Lipinski definition) is 1. The topological polar surface area (TPSA) is 37.3 Å². The zero-order valence-corrected chi connectivity index (χ0v) is 15.2. The number of carbonyl (C=O) groups is 1. The summed E-state index contributed by atoms with van der Waals surface area (Å²) in [7, 11) is 0. The SMILES string of the molecule is CCCCCCCCCC(=O)CCCCCCCCC(C)O. The highest BCUT2D eigenvalue weighted by atomic mass is 16.3. The van der Waals surface area contributed by atoms with Crippen LogP contribution in [0.15, 0.2) is 0 Å². The summed E-state index contributed by atoms with van der Waals surface area (Å²) in [5.74, 6) is 0.475. The fourth-order valence-corrected chi connectivity index (χ4v) is 2.87. The molecular formula is C20H40O2. The highest BCUT2D eigenvalue weighted by Crippen LogP contribution is 2.12. The van der Waals surface area contributed by atoms with Gasteiger partial charge in [0.15, 0.2) is 0 Å². The summed E-state index contributed by atoms with van der Waals surface area (Å²) in [6.45, 7) is 4.10. The van der Waals surface area contributed by atoms with E-state index in [4.69, 9.17) is 5.11 Å². The van der Waals surface area contributed by atoms with Crippen LogP contribution in [0, 0.1) is 0 Å². The fourth-order valence-electron chi connectivity index (χ4n) is 2.87. The van der Waals surface area contributed by atoms with Crippen LogP contribution in [0.5, 0.6) is 0 Å². The van der Waals surface area contributed by atoms with Gasteiger partial charge in [-0.25, -0.2) is 0 Å². The second kappa shape index (κ2) is 17.0. The van der Waals surface area contributed by atoms with Gasteiger partial charge in [-0.05, 0) is 26.2 Å². The van der Waals surface area contributed by atoms with Crippen molar-refractivity contribution in [3.63, 3.8) is 0 Å². The minimum absolute atomic E-state index is 0.149. The molecule has 0 fully saturated rings. The number of aliphatic hydroxyl groups excluding tert-OH is 1. The standard InChI is InChI=1S/C20H40O2/c1-3-4-5-6-7-11-14-17-20(22)18-15-12-9-8-10-13-16-19(2)21/h19,21H,3-18H2,1-2H3. The van der Waals surface area contributed by atoms with Crippen molar-refractivity contribution in [1.29, 1.82) is 0 Å². The Morgan fingerprint density at radius 2 is 1.14 bits per heavy atom. The van der Waals surface area contributed by atoms with E-state index in [1.807, 2.05) is 6.92 Å². The summed E-state index contributed by atoms with van der Waals surface area (Å²) in [6, 6.07) is 0. The minimum Gasteiger partial charge on any atom is -0.393 e. The molecule has 0 saturated heterocycles. The molecule has 0 bridgehead atoms. The van der Waals surface area contributed by atoms with Crippen molar-refractivity contribution in [2.24, 2.45) is 0 Å². The molecular weight excluding hydrogens is 272 g/mol. The van der Waals surface area contributed by atoms with Crippen LogP contribution in [0.1, 0.15) is 117 Å². The van der Waals surface area contributed by atoms with Crippen LogP contribution in [0.4, 0.5) is 0 Å². The van der Waals surface area contributed by atoms with Crippen molar-refractivity contribution in [2.75, 3.05) is 0 Å². The maximum absolute atomic E-state index is 11.8. The molecule has 1 unspecified atom stereocenters. The molecule has 1 atom stereocenters. The first-order valence-corrected chi connectivity index (χ1v) is 9.86. The number of Topliss-reactive ketones (excluding diaryl/α,β-unsaturated/α-hetero) is 1. The van der Waals surface area contributed by atoms with Gasteiger partial charge < -0.3 is 5.11 Å². The Hall–Kier alpha value is -0.370. The minimum atomic E-state index is -0.149. The monoisotopic (exact) mass is 312 g/mol. The molecule has 22 heavy (non-hydrogen) atoms. The molecule has 0 aliphatic carbocycles. The van der Waals surface area contributed by atoms with Crippen molar-refractivity contribution in [3.05, 3.63) is 0 Å². The van der Waals surface area contributed by atoms with Crippen LogP contribution in [0.3, 0.4) is 0 Å². The Balaban J connectivity index is 3.16. The van der Waals surface area contributed by atoms with E-state index in [0.29, 0.717) is 5.78 Å². The lowest BCUT2D eigenvalue weighted by Gasteiger charge is -2.04. The van der Waals surface area contributed by atoms with Crippen molar-refractivity contribution in [3.8, 4) is 0 Å². The average Bonchev–Trinajstić information content (AvgIpc) is 2.48. The zero-order chi connectivity index (χ0) is 16.5. The van der Waals surface area contributed by atoms with Crippen molar-refractivity contribution < 1.29 is 9.90 Å². The Morgan fingerprint density at radius 1 is 0.727 bits per heavy atom. The van der Waals surface area contributed by atoms with Crippen molar-refractivity contribution in [2.45, 2.75) is 123 Å². The molecule has 0 rings (SSSR count). The van der Waals surface area contributed by atoms with Crippen LogP contribution in [0.25, 0.3) is 0 Å². The zero-order valence-electron chi connectivity index (χ0n) is 15.2. The van der Waals surface area contributed by atoms with Crippen LogP contribution in [-0.4, -0.2) is 17.0 Å². The summed E-state index contributed by atoms with van der Waals surface area (Å²) < 4.78 is 0. The van der Waals surface area contributed by atoms with Crippen LogP contribution >= 0.6 is 0 Å². The number of ketones is 1. The van der Waals surface area contributed by atoms with Crippen LogP contribution in [0.2, 0.25) is 0 Å². The van der Waals surface area contributed by atoms with Gasteiger partial charge >= 0.3 is 0 Å². The third-order valence-electron chi connectivity index (χ3n) is 4.39. The number of aliphatic hydroxyl groups is 1. The molecule has 0 saturated carbocycles. The van der Waals surface area contributed by atoms with Crippen LogP contribution < -0.4 is 0 Å². The molecule has 0 radical (unpaired) electrons. The largest absolute Gasteiger partial charge is 0.393 e. The second-order valence-electron chi connectivity index (χ2n) is 6.92. The maximum Gasteiger partial charge on any atom is 0.132 e. The van der Waals surface area contributed by atoms with Gasteiger partial charge in [-0.3, -0.25) is 4.79 Å². The lowest BCUT2D eigenvalue weighted by atomic mass is 10.0. The van der Waals surface area contributed by atoms with Crippen LogP contribution in [-0.2, 0) is 4.79 Å². The van der Waals surface area contributed by atoms with E-state index in [9.17, 15) is 4.79 Å². The van der Waals surface area contributed by atoms with E-state index in [1.165, 1.54) is 64.2 Å². The van der Waals surface area contributed by atoms with Gasteiger partial charge in [-0.2, -0.15) is 0 Å². The van der Waals surface area contributed by atoms with Crippen molar-refractivity contribution >= 4 is 5.78 Å². The summed E-state index contributed by atoms with van der Waals surface area (Å²) in [4.78, 5) is 11.8. The van der Waals surface area contributed by atoms with E-state index in [2.05, 4.69) is 6.92 Å². The normalized spacial score (nSPS) is 12.5. The van der Waals surface area contributed by atoms with Crippen molar-refractivity contribution in [1.82, 2.24) is 0 Å². The Morgan fingerprint density at radius 3 is 1.59 bits per heavy atom. The maximum atomic E-state index is 11.8.